The number of ether oxygens (including phenoxy) is 5. The summed E-state index contributed by atoms with van der Waals surface area (Å²) in [5, 5.41) is 184. The fraction of sp³-hybridized carbons (Fsp3) is 0.297. The Morgan fingerprint density at radius 3 is 0.909 bits per heavy atom. The summed E-state index contributed by atoms with van der Waals surface area (Å²) in [6.45, 7) is 13.9. The van der Waals surface area contributed by atoms with E-state index in [0.29, 0.717) is 54.6 Å². The van der Waals surface area contributed by atoms with Crippen LogP contribution < -0.4 is 25.4 Å². The first-order valence-electron chi connectivity index (χ1n) is 27.5. The number of nitrogens with zero attached hydrogens (tertiary/aromatic N) is 61. The third-order valence-electron chi connectivity index (χ3n) is 8.65. The molecular weight excluding hydrogens is 1480 g/mol. The quantitative estimate of drug-likeness (QED) is 0.00913. The van der Waals surface area contributed by atoms with Crippen LogP contribution in [0.4, 0.5) is 0 Å². The Morgan fingerprint density at radius 2 is 0.645 bits per heavy atom. The fourth-order valence-electron chi connectivity index (χ4n) is 4.44. The van der Waals surface area contributed by atoms with E-state index in [1.807, 2.05) is 32.9 Å². The van der Waals surface area contributed by atoms with Crippen LogP contribution in [0.1, 0.15) is 58.0 Å². The molecule has 73 heteroatoms. The Balaban J connectivity index is 0.00000199. The molecule has 73 nitrogen and oxygen atoms in total. The number of benzene rings is 3. The molecule has 4 N–H and O–H groups in total. The minimum absolute atomic E-state index is 0.136. The topological polar surface area (TPSA) is 930 Å². The largest absolute Gasteiger partial charge is 0.497 e. The highest BCUT2D eigenvalue weighted by atomic mass is 16.5. The summed E-state index contributed by atoms with van der Waals surface area (Å²) in [5.74, 6) is 5.30. The van der Waals surface area contributed by atoms with E-state index in [1.54, 1.807) is 68.8 Å². The number of nitrogens with two attached hydrogens (primary N) is 1. The standard InChI is InChI=1S/C16H16O3.C14H17NO4.C7H12O2.H3N63/c1-11-4-7-15(10-12(11)2)19-16(17)13-5-8-14(18-3)9-6-13;1-3-13(16)19-10-4-9-18-12-7-5-11(6-8-12)14(17)15-2;1-3-5-6-9-7(8)4-2;1-3-5-7-9-11-13-15-17-19-21-23-25-27-29-31-33-35-37-39-41-43-45-47-49-51-53-55-57-59-61-63-62-60-58-56-54-52-50-48-46-44-42-40-38-36-34-32-30-28-26-24-22-20-18-16-14-12-10-8-6-4-2/h4-10H,1-3H3;3,5-8H,1,4,9-10H2,2H3,(H,15,17);4H,2-3,5-6H2,1H3;(H3,1,2,5,6,9,10,13,14,17,18,21,22,25,26,29,30,33,34,37,38,41,42,45,46,49,50,53,54,57,58,61,62). The van der Waals surface area contributed by atoms with Gasteiger partial charge in [-0.1, -0.05) is 37.8 Å². The van der Waals surface area contributed by atoms with E-state index in [0.717, 1.165) is 24.5 Å². The molecule has 3 aromatic rings. The average Bonchev–Trinajstić information content (AvgIpc) is 0.866. The third-order valence-corrected chi connectivity index (χ3v) is 8.65. The molecule has 0 atom stereocenters. The van der Waals surface area contributed by atoms with Crippen molar-refractivity contribution in [3.05, 3.63) is 114 Å². The molecule has 0 aliphatic rings. The Labute approximate surface area is 606 Å². The van der Waals surface area contributed by atoms with E-state index in [9.17, 15) is 19.2 Å². The molecule has 0 unspecified atom stereocenters. The Hall–Kier alpha value is -18.0. The highest BCUT2D eigenvalue weighted by Gasteiger charge is 2.09. The van der Waals surface area contributed by atoms with Gasteiger partial charge in [0.25, 0.3) is 5.91 Å². The molecule has 0 saturated heterocycles. The van der Waals surface area contributed by atoms with Crippen molar-refractivity contribution < 1.29 is 42.9 Å². The Bertz CT molecular complexity index is 4150. The number of carbonyl (C=O) groups excluding carboxylic acids is 4. The summed E-state index contributed by atoms with van der Waals surface area (Å²) >= 11 is 0. The molecule has 0 aliphatic heterocycles. The van der Waals surface area contributed by atoms with Gasteiger partial charge in [0.2, 0.25) is 0 Å². The zero-order valence-electron chi connectivity index (χ0n) is 56.2. The molecule has 3 aromatic carbocycles. The third kappa shape index (κ3) is 61.1. The lowest BCUT2D eigenvalue weighted by atomic mass is 10.1. The highest BCUT2D eigenvalue weighted by molar-refractivity contribution is 5.94. The summed E-state index contributed by atoms with van der Waals surface area (Å²) in [4.78, 5) is 44.4. The van der Waals surface area contributed by atoms with Crippen molar-refractivity contribution >= 4 is 23.8 Å². The first-order chi connectivity index (χ1) is 54.0. The van der Waals surface area contributed by atoms with Crippen LogP contribution in [0, 0.1) is 19.4 Å². The lowest BCUT2D eigenvalue weighted by Gasteiger charge is -2.07. The van der Waals surface area contributed by atoms with Crippen LogP contribution in [0.15, 0.2) is 411 Å². The summed E-state index contributed by atoms with van der Waals surface area (Å²) < 4.78 is 25.3. The number of unbranched alkanes of at least 4 members (excludes halogenated alkanes) is 1. The summed E-state index contributed by atoms with van der Waals surface area (Å²) in [6, 6.07) is 19.2. The lowest BCUT2D eigenvalue weighted by Crippen LogP contribution is -2.17. The maximum absolute atomic E-state index is 11.9. The zero-order valence-corrected chi connectivity index (χ0v) is 56.2. The molecule has 3 rings (SSSR count). The summed E-state index contributed by atoms with van der Waals surface area (Å²) in [6.07, 6.45) is 4.87. The number of hydrogen-bond acceptors (Lipinski definition) is 11. The van der Waals surface area contributed by atoms with Gasteiger partial charge in [-0.3, -0.25) is 4.79 Å². The lowest BCUT2D eigenvalue weighted by molar-refractivity contribution is -0.138. The Kier molecular flexibility index (Phi) is 60.5. The Morgan fingerprint density at radius 1 is 0.373 bits per heavy atom. The SMILES string of the molecule is C=CC(=O)OCCCC.C=CC(=O)OCCCOc1ccc(C(=O)NC)cc1.COc1ccc(C(=O)Oc2ccc(C)c(C)c2)cc1.N=N/N=N/N=N/N=N/N=N/N=N/N=N/N=N/N=N/N=N/N=N/N=N/N=N/N=N/N=N/N=N/N=N/N=N/N=N/N=N/N=N/N=N/N=N/N=N/N=N/N=N/N=N/N=N/N=N/N=N/N=N/N. The van der Waals surface area contributed by atoms with E-state index in [-0.39, 0.29) is 17.8 Å². The van der Waals surface area contributed by atoms with Gasteiger partial charge < -0.3 is 34.8 Å². The number of hydrogen-bond donors (Lipinski definition) is 3. The van der Waals surface area contributed by atoms with E-state index in [2.05, 4.69) is 348 Å². The molecule has 0 radical (unpaired) electrons. The number of nitrogens with one attached hydrogen (secondary N) is 2. The van der Waals surface area contributed by atoms with Crippen LogP contribution in [-0.4, -0.2) is 57.8 Å². The second-order valence-electron chi connectivity index (χ2n) is 15.3. The number of aryl methyl sites for hydroxylation is 2. The molecule has 0 spiro atoms. The minimum Gasteiger partial charge on any atom is -0.497 e. The molecule has 0 heterocycles. The predicted molar refractivity (Wildman–Crippen MR) is 336 cm³/mol. The van der Waals surface area contributed by atoms with E-state index >= 15 is 0 Å². The molecule has 570 valence electrons. The molecular formula is C37H48N64O9. The monoisotopic (exact) mass is 1530 g/mol. The molecule has 110 heavy (non-hydrogen) atoms. The summed E-state index contributed by atoms with van der Waals surface area (Å²) in [5.41, 5.74) is 9.60. The molecule has 0 fully saturated rings. The van der Waals surface area contributed by atoms with Crippen molar-refractivity contribution in [3.8, 4) is 17.2 Å². The van der Waals surface area contributed by atoms with Crippen LogP contribution in [0.5, 0.6) is 17.2 Å². The highest BCUT2D eigenvalue weighted by Crippen LogP contribution is 2.19. The normalized spacial score (nSPS) is 12.9. The van der Waals surface area contributed by atoms with E-state index in [4.69, 9.17) is 24.5 Å². The van der Waals surface area contributed by atoms with Gasteiger partial charge in [-0.2, -0.15) is 5.53 Å². The van der Waals surface area contributed by atoms with Crippen LogP contribution in [-0.2, 0) is 19.1 Å². The second-order valence-corrected chi connectivity index (χ2v) is 15.3. The number of rotatable bonds is 44. The maximum atomic E-state index is 11.9. The van der Waals surface area contributed by atoms with Gasteiger partial charge in [0, 0.05) is 266 Å². The number of carbonyl (C=O) groups is 4. The van der Waals surface area contributed by atoms with Crippen LogP contribution in [0.3, 0.4) is 0 Å². The van der Waals surface area contributed by atoms with Gasteiger partial charge in [-0.25, -0.2) is 14.4 Å². The average molecular weight is 1530 g/mol. The van der Waals surface area contributed by atoms with E-state index < -0.39 is 5.97 Å². The maximum Gasteiger partial charge on any atom is 0.343 e. The van der Waals surface area contributed by atoms with Gasteiger partial charge in [0.05, 0.1) is 32.5 Å². The first kappa shape index (κ1) is 92.0. The van der Waals surface area contributed by atoms with Gasteiger partial charge in [-0.15, -0.1) is 0 Å². The number of amides is 1. The molecule has 0 saturated carbocycles. The molecule has 0 aromatic heterocycles. The molecule has 1 amide bonds. The molecule has 0 aliphatic carbocycles. The van der Waals surface area contributed by atoms with Crippen molar-refractivity contribution in [1.82, 2.24) is 5.32 Å². The predicted octanol–water partition coefficient (Wildman–Crippen LogP) is 17.5. The summed E-state index contributed by atoms with van der Waals surface area (Å²) in [7, 11) is 3.17. The van der Waals surface area contributed by atoms with Crippen LogP contribution >= 0.6 is 0 Å². The smallest absolute Gasteiger partial charge is 0.343 e. The van der Waals surface area contributed by atoms with Crippen molar-refractivity contribution in [2.24, 2.45) is 324 Å². The van der Waals surface area contributed by atoms with Crippen LogP contribution in [0.2, 0.25) is 0 Å². The van der Waals surface area contributed by atoms with Crippen molar-refractivity contribution in [1.29, 1.82) is 5.53 Å². The first-order valence-corrected chi connectivity index (χ1v) is 27.5. The fourth-order valence-corrected chi connectivity index (χ4v) is 4.44. The number of methoxy groups -OCH3 is 1. The molecule has 0 bridgehead atoms. The van der Waals surface area contributed by atoms with Crippen LogP contribution in [0.25, 0.3) is 0 Å². The minimum atomic E-state index is -0.435. The van der Waals surface area contributed by atoms with Gasteiger partial charge in [-0.05, 0) is 170 Å². The van der Waals surface area contributed by atoms with Crippen molar-refractivity contribution in [3.63, 3.8) is 0 Å². The van der Waals surface area contributed by atoms with Gasteiger partial charge >= 0.3 is 17.9 Å². The zero-order chi connectivity index (χ0) is 80.2. The van der Waals surface area contributed by atoms with Gasteiger partial charge in [0.15, 0.2) is 0 Å². The van der Waals surface area contributed by atoms with Gasteiger partial charge in [0.1, 0.15) is 17.2 Å². The number of esters is 3. The van der Waals surface area contributed by atoms with Crippen molar-refractivity contribution in [2.45, 2.75) is 40.0 Å². The van der Waals surface area contributed by atoms with Crippen molar-refractivity contribution in [2.75, 3.05) is 34.0 Å². The van der Waals surface area contributed by atoms with E-state index in [1.165, 1.54) is 11.6 Å². The second kappa shape index (κ2) is 72.3.